The number of carbonyl (C=O) groups excluding carboxylic acids is 1. The van der Waals surface area contributed by atoms with Crippen LogP contribution in [0.5, 0.6) is 5.88 Å². The van der Waals surface area contributed by atoms with Crippen molar-refractivity contribution in [3.8, 4) is 5.88 Å². The number of carbonyl (C=O) groups is 1. The summed E-state index contributed by atoms with van der Waals surface area (Å²) in [7, 11) is 0. The zero-order chi connectivity index (χ0) is 17.0. The predicted octanol–water partition coefficient (Wildman–Crippen LogP) is -1.38. The Bertz CT molecular complexity index is 579. The largest absolute Gasteiger partial charge is 1.00 e. The maximum absolute atomic E-state index is 11.5. The molecule has 6 nitrogen and oxygen atoms in total. The summed E-state index contributed by atoms with van der Waals surface area (Å²) in [5.74, 6) is 0.848. The van der Waals surface area contributed by atoms with Crippen molar-refractivity contribution in [1.82, 2.24) is 10.3 Å². The molecule has 1 aromatic heterocycles. The Morgan fingerprint density at radius 3 is 2.68 bits per heavy atom. The molecule has 0 saturated heterocycles. The third-order valence-corrected chi connectivity index (χ3v) is 3.68. The fraction of sp³-hybridized carbons (Fsp3) is 0.647. The van der Waals surface area contributed by atoms with Crippen LogP contribution in [-0.2, 0) is 17.6 Å². The average molecular weight is 356 g/mol. The van der Waals surface area contributed by atoms with Crippen molar-refractivity contribution in [1.29, 1.82) is 0 Å². The smallest absolute Gasteiger partial charge is 1.00 e. The van der Waals surface area contributed by atoms with Crippen LogP contribution in [0, 0.1) is 12.8 Å². The molecule has 25 heavy (non-hydrogen) atoms. The zero-order valence-corrected chi connectivity index (χ0v) is 17.0. The number of aryl methyl sites for hydroxylation is 1. The first-order valence-electron chi connectivity index (χ1n) is 7.98. The maximum atomic E-state index is 11.5. The molecule has 0 aromatic carbocycles. The standard InChI is InChI=1S/C17H26N2O4.Al.Li/c1-11-14-8-12(10-20)7-13(14)9-15(19-11)22-6-5-18-16(21)23-17(2,3)4;;/h9,12,20H,5-8,10H2,1-4H3,(H,18,21);;/q;-1;+1. The second-order valence-corrected chi connectivity index (χ2v) is 6.92. The predicted molar refractivity (Wildman–Crippen MR) is 92.4 cm³/mol. The fourth-order valence-electron chi connectivity index (χ4n) is 2.69. The van der Waals surface area contributed by atoms with Crippen LogP contribution >= 0.6 is 0 Å². The van der Waals surface area contributed by atoms with Gasteiger partial charge in [-0.3, -0.25) is 0 Å². The Labute approximate surface area is 172 Å². The quantitative estimate of drug-likeness (QED) is 0.502. The molecule has 1 atom stereocenters. The average Bonchev–Trinajstić information content (AvgIpc) is 2.85. The minimum atomic E-state index is -0.507. The molecule has 1 amide bonds. The Hall–Kier alpha value is -0.690. The summed E-state index contributed by atoms with van der Waals surface area (Å²) in [6.45, 7) is 8.30. The summed E-state index contributed by atoms with van der Waals surface area (Å²) < 4.78 is 10.8. The maximum Gasteiger partial charge on any atom is 1.00 e. The fourth-order valence-corrected chi connectivity index (χ4v) is 2.69. The number of ether oxygens (including phenoxy) is 2. The number of nitrogens with zero attached hydrogens (tertiary/aromatic N) is 1. The number of pyridine rings is 1. The van der Waals surface area contributed by atoms with E-state index in [0.29, 0.717) is 19.0 Å². The van der Waals surface area contributed by atoms with Crippen LogP contribution in [0.4, 0.5) is 4.79 Å². The van der Waals surface area contributed by atoms with Crippen LogP contribution in [0.3, 0.4) is 0 Å². The number of aromatic nitrogens is 1. The molecule has 0 spiro atoms. The van der Waals surface area contributed by atoms with Gasteiger partial charge in [-0.1, -0.05) is 0 Å². The number of fused-ring (bicyclic) bond motifs is 1. The molecule has 1 heterocycles. The van der Waals surface area contributed by atoms with Gasteiger partial charge in [0.05, 0.1) is 6.54 Å². The van der Waals surface area contributed by atoms with Gasteiger partial charge in [0.15, 0.2) is 0 Å². The third-order valence-electron chi connectivity index (χ3n) is 3.68. The Kier molecular flexibility index (Phi) is 10.2. The van der Waals surface area contributed by atoms with Gasteiger partial charge < -0.3 is 37.3 Å². The van der Waals surface area contributed by atoms with Gasteiger partial charge in [-0.25, -0.2) is 9.78 Å². The van der Waals surface area contributed by atoms with Crippen molar-refractivity contribution in [2.45, 2.75) is 46.1 Å². The van der Waals surface area contributed by atoms with Crippen molar-refractivity contribution >= 4 is 23.5 Å². The van der Waals surface area contributed by atoms with E-state index in [1.807, 2.05) is 33.8 Å². The van der Waals surface area contributed by atoms with Crippen LogP contribution in [0.1, 0.15) is 37.6 Å². The van der Waals surface area contributed by atoms with Crippen LogP contribution in [0.2, 0.25) is 0 Å². The first-order valence-corrected chi connectivity index (χ1v) is 7.98. The number of amides is 1. The summed E-state index contributed by atoms with van der Waals surface area (Å²) in [6, 6.07) is 1.94. The molecule has 0 aliphatic heterocycles. The van der Waals surface area contributed by atoms with E-state index >= 15 is 0 Å². The molecule has 4 radical (unpaired) electrons. The molecule has 0 saturated carbocycles. The van der Waals surface area contributed by atoms with Crippen LogP contribution in [0.15, 0.2) is 6.07 Å². The van der Waals surface area contributed by atoms with Gasteiger partial charge in [0.1, 0.15) is 12.2 Å². The topological polar surface area (TPSA) is 80.7 Å². The van der Waals surface area contributed by atoms with E-state index in [-0.39, 0.29) is 48.7 Å². The number of nitrogens with one attached hydrogen (secondary N) is 1. The molecule has 8 heteroatoms. The van der Waals surface area contributed by atoms with Crippen molar-refractivity contribution < 1.29 is 38.2 Å². The van der Waals surface area contributed by atoms with Crippen molar-refractivity contribution in [3.63, 3.8) is 0 Å². The molecular weight excluding hydrogens is 330 g/mol. The molecule has 1 unspecified atom stereocenters. The van der Waals surface area contributed by atoms with Crippen LogP contribution < -0.4 is 28.9 Å². The molecule has 1 aromatic rings. The second kappa shape index (κ2) is 10.5. The summed E-state index contributed by atoms with van der Waals surface area (Å²) in [6.07, 6.45) is 1.29. The van der Waals surface area contributed by atoms with E-state index in [4.69, 9.17) is 9.47 Å². The molecule has 0 bridgehead atoms. The molecule has 2 N–H and O–H groups in total. The van der Waals surface area contributed by atoms with Gasteiger partial charge in [0.25, 0.3) is 0 Å². The molecule has 2 rings (SSSR count). The molecule has 132 valence electrons. The zero-order valence-electron chi connectivity index (χ0n) is 15.9. The minimum Gasteiger partial charge on any atom is -1.00 e. The second-order valence-electron chi connectivity index (χ2n) is 6.92. The summed E-state index contributed by atoms with van der Waals surface area (Å²) in [4.78, 5) is 16.0. The van der Waals surface area contributed by atoms with Gasteiger partial charge in [0, 0.05) is 18.4 Å². The van der Waals surface area contributed by atoms with E-state index in [1.165, 1.54) is 11.1 Å². The summed E-state index contributed by atoms with van der Waals surface area (Å²) in [5.41, 5.74) is 2.87. The number of rotatable bonds is 5. The van der Waals surface area contributed by atoms with Gasteiger partial charge in [0.2, 0.25) is 5.88 Å². The SMILES string of the molecule is Cc1nc(OCCNC(=O)OC(C)(C)C)cc2c1CC(CO)C2.[Al-].[Li+]. The van der Waals surface area contributed by atoms with Crippen molar-refractivity contribution in [2.75, 3.05) is 19.8 Å². The molecule has 0 fully saturated rings. The minimum absolute atomic E-state index is 0. The first-order chi connectivity index (χ1) is 10.8. The first kappa shape index (κ1) is 24.3. The number of aliphatic hydroxyl groups excluding tert-OH is 1. The van der Waals surface area contributed by atoms with Gasteiger partial charge in [-0.05, 0) is 57.6 Å². The normalized spacial score (nSPS) is 15.5. The van der Waals surface area contributed by atoms with Crippen LogP contribution in [-0.4, -0.2) is 58.9 Å². The van der Waals surface area contributed by atoms with Crippen LogP contribution in [0.25, 0.3) is 0 Å². The number of alkyl carbamates (subject to hydrolysis) is 1. The number of aliphatic hydroxyl groups is 1. The summed E-state index contributed by atoms with van der Waals surface area (Å²) in [5, 5.41) is 11.9. The molecule has 1 aliphatic carbocycles. The van der Waals surface area contributed by atoms with Gasteiger partial charge in [-0.2, -0.15) is 0 Å². The van der Waals surface area contributed by atoms with Crippen molar-refractivity contribution in [2.24, 2.45) is 5.92 Å². The monoisotopic (exact) mass is 356 g/mol. The number of hydrogen-bond acceptors (Lipinski definition) is 5. The van der Waals surface area contributed by atoms with E-state index in [2.05, 4.69) is 10.3 Å². The van der Waals surface area contributed by atoms with E-state index in [0.717, 1.165) is 18.5 Å². The Balaban J connectivity index is 0.00000288. The summed E-state index contributed by atoms with van der Waals surface area (Å²) >= 11 is 0. The molecule has 1 aliphatic rings. The number of hydrogen-bond donors (Lipinski definition) is 2. The molecular formula is C17H26AlLiN2O4. The van der Waals surface area contributed by atoms with Gasteiger partial charge in [-0.15, -0.1) is 0 Å². The van der Waals surface area contributed by atoms with Gasteiger partial charge >= 0.3 is 25.0 Å². The van der Waals surface area contributed by atoms with E-state index in [1.54, 1.807) is 0 Å². The Morgan fingerprint density at radius 2 is 2.08 bits per heavy atom. The van der Waals surface area contributed by atoms with E-state index in [9.17, 15) is 9.90 Å². The van der Waals surface area contributed by atoms with Crippen molar-refractivity contribution in [3.05, 3.63) is 22.9 Å². The third kappa shape index (κ3) is 7.60. The van der Waals surface area contributed by atoms with E-state index < -0.39 is 11.7 Å². The Morgan fingerprint density at radius 1 is 1.40 bits per heavy atom.